The maximum Gasteiger partial charge on any atom is 0.261 e. The molecule has 0 atom stereocenters. The molecule has 1 N–H and O–H groups in total. The molecule has 24 heavy (non-hydrogen) atoms. The van der Waals surface area contributed by atoms with Crippen molar-refractivity contribution < 1.29 is 18.1 Å². The third kappa shape index (κ3) is 3.48. The second kappa shape index (κ2) is 6.88. The molecule has 5 nitrogen and oxygen atoms in total. The van der Waals surface area contributed by atoms with E-state index < -0.39 is 11.6 Å². The van der Waals surface area contributed by atoms with Crippen molar-refractivity contribution in [1.82, 2.24) is 15.5 Å². The number of amides is 1. The Hall–Kier alpha value is -2.61. The van der Waals surface area contributed by atoms with Crippen molar-refractivity contribution in [2.45, 2.75) is 19.9 Å². The zero-order chi connectivity index (χ0) is 17.1. The molecule has 0 aliphatic rings. The Morgan fingerprint density at radius 1 is 1.29 bits per heavy atom. The summed E-state index contributed by atoms with van der Waals surface area (Å²) in [4.78, 5) is 17.0. The number of halogens is 2. The van der Waals surface area contributed by atoms with Gasteiger partial charge in [0, 0.05) is 11.3 Å². The largest absolute Gasteiger partial charge is 0.351 e. The summed E-state index contributed by atoms with van der Waals surface area (Å²) in [6.45, 7) is 2.20. The van der Waals surface area contributed by atoms with Crippen LogP contribution in [0.15, 0.2) is 34.9 Å². The van der Waals surface area contributed by atoms with Crippen LogP contribution in [-0.4, -0.2) is 16.0 Å². The van der Waals surface area contributed by atoms with Crippen LogP contribution < -0.4 is 5.32 Å². The fraction of sp³-hybridized carbons (Fsp3) is 0.188. The third-order valence-corrected chi connectivity index (χ3v) is 4.33. The van der Waals surface area contributed by atoms with Crippen molar-refractivity contribution in [3.63, 3.8) is 0 Å². The van der Waals surface area contributed by atoms with E-state index in [0.717, 1.165) is 23.1 Å². The summed E-state index contributed by atoms with van der Waals surface area (Å²) in [5, 5.41) is 6.58. The Balaban J connectivity index is 1.80. The fourth-order valence-electron chi connectivity index (χ4n) is 2.00. The number of hydrogen-bond donors (Lipinski definition) is 1. The van der Waals surface area contributed by atoms with E-state index in [9.17, 15) is 13.6 Å². The van der Waals surface area contributed by atoms with Crippen molar-refractivity contribution in [3.8, 4) is 22.2 Å². The monoisotopic (exact) mass is 349 g/mol. The van der Waals surface area contributed by atoms with Gasteiger partial charge in [0.15, 0.2) is 0 Å². The van der Waals surface area contributed by atoms with E-state index in [1.165, 1.54) is 11.3 Å². The molecule has 124 valence electrons. The third-order valence-electron chi connectivity index (χ3n) is 3.25. The number of nitrogens with zero attached hydrogens (tertiary/aromatic N) is 2. The lowest BCUT2D eigenvalue weighted by atomic mass is 10.2. The van der Waals surface area contributed by atoms with E-state index in [0.29, 0.717) is 17.8 Å². The molecule has 2 heterocycles. The number of carbonyl (C=O) groups excluding carboxylic acids is 1. The summed E-state index contributed by atoms with van der Waals surface area (Å²) < 4.78 is 32.0. The topological polar surface area (TPSA) is 68.0 Å². The van der Waals surface area contributed by atoms with Gasteiger partial charge in [-0.2, -0.15) is 4.98 Å². The van der Waals surface area contributed by atoms with Crippen LogP contribution in [0.3, 0.4) is 0 Å². The molecule has 3 rings (SSSR count). The van der Waals surface area contributed by atoms with Crippen LogP contribution in [0, 0.1) is 11.6 Å². The van der Waals surface area contributed by atoms with Gasteiger partial charge in [-0.1, -0.05) is 12.1 Å². The second-order valence-corrected chi connectivity index (χ2v) is 6.11. The number of aromatic nitrogens is 2. The van der Waals surface area contributed by atoms with E-state index in [-0.39, 0.29) is 23.2 Å². The Bertz CT molecular complexity index is 876. The maximum atomic E-state index is 13.7. The van der Waals surface area contributed by atoms with Crippen LogP contribution in [0.2, 0.25) is 0 Å². The molecule has 8 heteroatoms. The van der Waals surface area contributed by atoms with Crippen molar-refractivity contribution in [2.24, 2.45) is 0 Å². The Kier molecular flexibility index (Phi) is 4.66. The molecular formula is C16H13F2N3O2S. The van der Waals surface area contributed by atoms with Gasteiger partial charge >= 0.3 is 0 Å². The highest BCUT2D eigenvalue weighted by molar-refractivity contribution is 7.15. The summed E-state index contributed by atoms with van der Waals surface area (Å²) in [5.74, 6) is -1.06. The zero-order valence-electron chi connectivity index (χ0n) is 12.7. The first kappa shape index (κ1) is 16.3. The van der Waals surface area contributed by atoms with Crippen LogP contribution >= 0.6 is 11.3 Å². The van der Waals surface area contributed by atoms with Gasteiger partial charge in [0.25, 0.3) is 5.89 Å². The smallest absolute Gasteiger partial charge is 0.261 e. The molecular weight excluding hydrogens is 336 g/mol. The molecule has 0 spiro atoms. The number of benzene rings is 1. The predicted octanol–water partition coefficient (Wildman–Crippen LogP) is 3.77. The van der Waals surface area contributed by atoms with Crippen LogP contribution in [0.5, 0.6) is 0 Å². The normalized spacial score (nSPS) is 10.8. The lowest BCUT2D eigenvalue weighted by molar-refractivity contribution is -0.120. The molecule has 0 bridgehead atoms. The zero-order valence-corrected chi connectivity index (χ0v) is 13.5. The van der Waals surface area contributed by atoms with Crippen molar-refractivity contribution in [1.29, 1.82) is 0 Å². The number of rotatable bonds is 5. The fourth-order valence-corrected chi connectivity index (χ4v) is 2.87. The van der Waals surface area contributed by atoms with Gasteiger partial charge in [0.05, 0.1) is 17.0 Å². The number of nitrogens with one attached hydrogen (secondary N) is 1. The molecule has 0 radical (unpaired) electrons. The highest BCUT2D eigenvalue weighted by atomic mass is 32.1. The standard InChI is InChI=1S/C16H13F2N3O2S/c1-2-14(22)19-8-10-4-6-13(24-10)15-20-16(23-21-15)11-7-9(17)3-5-12(11)18/h3-7H,2,8H2,1H3,(H,19,22). The summed E-state index contributed by atoms with van der Waals surface area (Å²) >= 11 is 1.39. The van der Waals surface area contributed by atoms with E-state index in [4.69, 9.17) is 4.52 Å². The maximum absolute atomic E-state index is 13.7. The first-order valence-electron chi connectivity index (χ1n) is 7.21. The molecule has 0 saturated heterocycles. The predicted molar refractivity (Wildman–Crippen MR) is 85.1 cm³/mol. The molecule has 0 fully saturated rings. The van der Waals surface area contributed by atoms with Crippen LogP contribution in [0.25, 0.3) is 22.2 Å². The van der Waals surface area contributed by atoms with Crippen LogP contribution in [0.4, 0.5) is 8.78 Å². The molecule has 1 aromatic carbocycles. The van der Waals surface area contributed by atoms with Crippen LogP contribution in [-0.2, 0) is 11.3 Å². The number of hydrogen-bond acceptors (Lipinski definition) is 5. The summed E-state index contributed by atoms with van der Waals surface area (Å²) in [6.07, 6.45) is 0.422. The molecule has 0 unspecified atom stereocenters. The minimum absolute atomic E-state index is 0.0339. The number of carbonyl (C=O) groups is 1. The lowest BCUT2D eigenvalue weighted by Gasteiger charge is -1.99. The van der Waals surface area contributed by atoms with Gasteiger partial charge in [-0.15, -0.1) is 11.3 Å². The molecule has 0 aliphatic carbocycles. The summed E-state index contributed by atoms with van der Waals surface area (Å²) in [5.41, 5.74) is -0.0826. The molecule has 2 aromatic heterocycles. The average Bonchev–Trinajstić information content (AvgIpc) is 3.23. The lowest BCUT2D eigenvalue weighted by Crippen LogP contribution is -2.20. The molecule has 0 saturated carbocycles. The van der Waals surface area contributed by atoms with Gasteiger partial charge in [-0.25, -0.2) is 8.78 Å². The van der Waals surface area contributed by atoms with Gasteiger partial charge < -0.3 is 9.84 Å². The summed E-state index contributed by atoms with van der Waals surface area (Å²) in [6, 6.07) is 6.66. The number of thiophene rings is 1. The van der Waals surface area contributed by atoms with Crippen molar-refractivity contribution in [3.05, 3.63) is 46.8 Å². The van der Waals surface area contributed by atoms with E-state index in [1.807, 2.05) is 6.07 Å². The molecule has 1 amide bonds. The average molecular weight is 349 g/mol. The van der Waals surface area contributed by atoms with Gasteiger partial charge in [-0.05, 0) is 30.3 Å². The summed E-state index contributed by atoms with van der Waals surface area (Å²) in [7, 11) is 0. The van der Waals surface area contributed by atoms with E-state index in [1.54, 1.807) is 13.0 Å². The van der Waals surface area contributed by atoms with Crippen molar-refractivity contribution in [2.75, 3.05) is 0 Å². The molecule has 3 aromatic rings. The Morgan fingerprint density at radius 3 is 2.92 bits per heavy atom. The minimum atomic E-state index is -0.638. The second-order valence-electron chi connectivity index (χ2n) is 4.94. The highest BCUT2D eigenvalue weighted by Gasteiger charge is 2.16. The van der Waals surface area contributed by atoms with Gasteiger partial charge in [-0.3, -0.25) is 4.79 Å². The van der Waals surface area contributed by atoms with Crippen LogP contribution in [0.1, 0.15) is 18.2 Å². The highest BCUT2D eigenvalue weighted by Crippen LogP contribution is 2.29. The first-order valence-corrected chi connectivity index (χ1v) is 8.03. The van der Waals surface area contributed by atoms with Gasteiger partial charge in [0.1, 0.15) is 11.6 Å². The van der Waals surface area contributed by atoms with E-state index in [2.05, 4.69) is 15.5 Å². The quantitative estimate of drug-likeness (QED) is 0.761. The van der Waals surface area contributed by atoms with Crippen molar-refractivity contribution >= 4 is 17.2 Å². The SMILES string of the molecule is CCC(=O)NCc1ccc(-c2noc(-c3cc(F)ccc3F)n2)s1. The molecule has 0 aliphatic heterocycles. The Morgan fingerprint density at radius 2 is 2.12 bits per heavy atom. The van der Waals surface area contributed by atoms with Gasteiger partial charge in [0.2, 0.25) is 11.7 Å². The van der Waals surface area contributed by atoms with E-state index >= 15 is 0 Å². The minimum Gasteiger partial charge on any atom is -0.351 e. The Labute approximate surface area is 140 Å². The first-order chi connectivity index (χ1) is 11.6.